The Morgan fingerprint density at radius 2 is 2.12 bits per heavy atom. The summed E-state index contributed by atoms with van der Waals surface area (Å²) in [7, 11) is 0. The van der Waals surface area contributed by atoms with E-state index in [2.05, 4.69) is 0 Å². The number of ether oxygens (including phenoxy) is 1. The Morgan fingerprint density at radius 1 is 1.53 bits per heavy atom. The van der Waals surface area contributed by atoms with Gasteiger partial charge in [0.05, 0.1) is 13.2 Å². The minimum absolute atomic E-state index is 0.0220. The molecule has 0 spiro atoms. The third kappa shape index (κ3) is 3.57. The molecule has 1 aliphatic rings. The molecule has 1 amide bonds. The van der Waals surface area contributed by atoms with Gasteiger partial charge in [0.25, 0.3) is 0 Å². The fraction of sp³-hybridized carbons (Fsp3) is 0.917. The zero-order valence-electron chi connectivity index (χ0n) is 11.1. The maximum absolute atomic E-state index is 11.8. The van der Waals surface area contributed by atoms with Crippen molar-refractivity contribution in [3.8, 4) is 0 Å². The second-order valence-corrected chi connectivity index (χ2v) is 5.85. The molecule has 1 saturated heterocycles. The van der Waals surface area contributed by atoms with Crippen LogP contribution in [0.5, 0.6) is 0 Å². The van der Waals surface area contributed by atoms with E-state index in [-0.39, 0.29) is 19.1 Å². The summed E-state index contributed by atoms with van der Waals surface area (Å²) in [5, 5.41) is 19.4. The average Bonchev–Trinajstić information content (AvgIpc) is 2.19. The predicted octanol–water partition coefficient (Wildman–Crippen LogP) is 0.987. The Kier molecular flexibility index (Phi) is 4.04. The van der Waals surface area contributed by atoms with Crippen molar-refractivity contribution in [2.45, 2.75) is 45.3 Å². The van der Waals surface area contributed by atoms with Crippen LogP contribution in [0.1, 0.15) is 34.1 Å². The fourth-order valence-electron chi connectivity index (χ4n) is 1.87. The first kappa shape index (κ1) is 14.3. The number of hydrogen-bond acceptors (Lipinski definition) is 4. The maximum Gasteiger partial charge on any atom is 0.410 e. The first-order chi connectivity index (χ1) is 7.68. The summed E-state index contributed by atoms with van der Waals surface area (Å²) < 4.78 is 5.24. The van der Waals surface area contributed by atoms with Crippen LogP contribution in [0.2, 0.25) is 0 Å². The topological polar surface area (TPSA) is 70.0 Å². The van der Waals surface area contributed by atoms with E-state index in [9.17, 15) is 15.0 Å². The van der Waals surface area contributed by atoms with E-state index in [0.717, 1.165) is 0 Å². The van der Waals surface area contributed by atoms with Gasteiger partial charge in [-0.15, -0.1) is 0 Å². The summed E-state index contributed by atoms with van der Waals surface area (Å²) >= 11 is 0. The standard InChI is InChI=1S/C12H23NO4/c1-9-5-6-13(7-12(9,16)8-14)10(15)17-11(2,3)4/h9,14,16H,5-8H2,1-4H3. The van der Waals surface area contributed by atoms with Crippen molar-refractivity contribution in [1.29, 1.82) is 0 Å². The van der Waals surface area contributed by atoms with Gasteiger partial charge in [0.1, 0.15) is 11.2 Å². The Balaban J connectivity index is 2.66. The minimum atomic E-state index is -1.21. The summed E-state index contributed by atoms with van der Waals surface area (Å²) in [5.74, 6) is -0.0220. The largest absolute Gasteiger partial charge is 0.444 e. The van der Waals surface area contributed by atoms with Crippen molar-refractivity contribution in [3.63, 3.8) is 0 Å². The van der Waals surface area contributed by atoms with Gasteiger partial charge in [0, 0.05) is 6.54 Å². The molecule has 0 aromatic carbocycles. The molecule has 17 heavy (non-hydrogen) atoms. The van der Waals surface area contributed by atoms with E-state index >= 15 is 0 Å². The molecule has 0 bridgehead atoms. The van der Waals surface area contributed by atoms with Crippen molar-refractivity contribution in [1.82, 2.24) is 4.90 Å². The van der Waals surface area contributed by atoms with Gasteiger partial charge in [-0.3, -0.25) is 0 Å². The highest BCUT2D eigenvalue weighted by Gasteiger charge is 2.41. The quantitative estimate of drug-likeness (QED) is 0.722. The molecule has 1 fully saturated rings. The molecule has 2 unspecified atom stereocenters. The van der Waals surface area contributed by atoms with Crippen LogP contribution in [0, 0.1) is 5.92 Å². The Labute approximate surface area is 102 Å². The molecule has 1 rings (SSSR count). The Hall–Kier alpha value is -0.810. The van der Waals surface area contributed by atoms with Crippen LogP contribution in [0.25, 0.3) is 0 Å². The lowest BCUT2D eigenvalue weighted by Gasteiger charge is -2.42. The second kappa shape index (κ2) is 4.82. The lowest BCUT2D eigenvalue weighted by atomic mass is 9.83. The molecule has 1 aliphatic heterocycles. The molecule has 0 radical (unpaired) electrons. The van der Waals surface area contributed by atoms with E-state index in [1.54, 1.807) is 20.8 Å². The SMILES string of the molecule is CC1CCN(C(=O)OC(C)(C)C)CC1(O)CO. The maximum atomic E-state index is 11.8. The van der Waals surface area contributed by atoms with Crippen LogP contribution in [-0.4, -0.2) is 52.1 Å². The van der Waals surface area contributed by atoms with Crippen LogP contribution >= 0.6 is 0 Å². The van der Waals surface area contributed by atoms with Crippen LogP contribution in [0.3, 0.4) is 0 Å². The number of carbonyl (C=O) groups excluding carboxylic acids is 1. The lowest BCUT2D eigenvalue weighted by molar-refractivity contribution is -0.102. The Morgan fingerprint density at radius 3 is 2.59 bits per heavy atom. The molecule has 1 heterocycles. The van der Waals surface area contributed by atoms with Crippen LogP contribution < -0.4 is 0 Å². The van der Waals surface area contributed by atoms with E-state index < -0.39 is 17.3 Å². The number of rotatable bonds is 1. The van der Waals surface area contributed by atoms with E-state index in [4.69, 9.17) is 4.74 Å². The smallest absolute Gasteiger partial charge is 0.410 e. The fourth-order valence-corrected chi connectivity index (χ4v) is 1.87. The van der Waals surface area contributed by atoms with Gasteiger partial charge in [0.2, 0.25) is 0 Å². The molecular formula is C12H23NO4. The van der Waals surface area contributed by atoms with Gasteiger partial charge >= 0.3 is 6.09 Å². The highest BCUT2D eigenvalue weighted by Crippen LogP contribution is 2.27. The minimum Gasteiger partial charge on any atom is -0.444 e. The van der Waals surface area contributed by atoms with Crippen molar-refractivity contribution in [3.05, 3.63) is 0 Å². The molecule has 2 atom stereocenters. The van der Waals surface area contributed by atoms with E-state index in [0.29, 0.717) is 13.0 Å². The molecule has 0 aromatic heterocycles. The van der Waals surface area contributed by atoms with Gasteiger partial charge in [-0.1, -0.05) is 6.92 Å². The number of hydrogen-bond donors (Lipinski definition) is 2. The number of aliphatic hydroxyl groups excluding tert-OH is 1. The first-order valence-corrected chi connectivity index (χ1v) is 5.99. The molecule has 5 nitrogen and oxygen atoms in total. The number of carbonyl (C=O) groups is 1. The molecule has 0 saturated carbocycles. The number of piperidine rings is 1. The number of amides is 1. The average molecular weight is 245 g/mol. The third-order valence-electron chi connectivity index (χ3n) is 3.14. The molecular weight excluding hydrogens is 222 g/mol. The number of likely N-dealkylation sites (tertiary alicyclic amines) is 1. The van der Waals surface area contributed by atoms with Crippen LogP contribution in [-0.2, 0) is 4.74 Å². The number of β-amino-alcohol motifs (C(OH)–C–C–N with tert-alkyl or cyclic N) is 1. The third-order valence-corrected chi connectivity index (χ3v) is 3.14. The Bertz CT molecular complexity index is 287. The van der Waals surface area contributed by atoms with Gasteiger partial charge in [-0.05, 0) is 33.1 Å². The van der Waals surface area contributed by atoms with Crippen molar-refractivity contribution < 1.29 is 19.7 Å². The van der Waals surface area contributed by atoms with Gasteiger partial charge in [-0.2, -0.15) is 0 Å². The number of aliphatic hydroxyl groups is 2. The normalized spacial score (nSPS) is 30.2. The lowest BCUT2D eigenvalue weighted by Crippen LogP contribution is -2.57. The van der Waals surface area contributed by atoms with Crippen molar-refractivity contribution in [2.24, 2.45) is 5.92 Å². The molecule has 0 aliphatic carbocycles. The van der Waals surface area contributed by atoms with Gasteiger partial charge in [0.15, 0.2) is 0 Å². The summed E-state index contributed by atoms with van der Waals surface area (Å²) in [5.41, 5.74) is -1.76. The van der Waals surface area contributed by atoms with E-state index in [1.807, 2.05) is 6.92 Å². The summed E-state index contributed by atoms with van der Waals surface area (Å²) in [4.78, 5) is 13.3. The predicted molar refractivity (Wildman–Crippen MR) is 63.6 cm³/mol. The zero-order valence-corrected chi connectivity index (χ0v) is 11.1. The summed E-state index contributed by atoms with van der Waals surface area (Å²) in [6.07, 6.45) is 0.229. The monoisotopic (exact) mass is 245 g/mol. The van der Waals surface area contributed by atoms with Crippen LogP contribution in [0.4, 0.5) is 4.79 Å². The van der Waals surface area contributed by atoms with Gasteiger partial charge < -0.3 is 19.8 Å². The molecule has 100 valence electrons. The molecule has 0 aromatic rings. The second-order valence-electron chi connectivity index (χ2n) is 5.85. The molecule has 5 heteroatoms. The van der Waals surface area contributed by atoms with Crippen molar-refractivity contribution >= 4 is 6.09 Å². The van der Waals surface area contributed by atoms with Crippen molar-refractivity contribution in [2.75, 3.05) is 19.7 Å². The van der Waals surface area contributed by atoms with Gasteiger partial charge in [-0.25, -0.2) is 4.79 Å². The zero-order chi connectivity index (χ0) is 13.3. The summed E-state index contributed by atoms with van der Waals surface area (Å²) in [6.45, 7) is 7.62. The first-order valence-electron chi connectivity index (χ1n) is 5.99. The summed E-state index contributed by atoms with van der Waals surface area (Å²) in [6, 6.07) is 0. The van der Waals surface area contributed by atoms with Crippen LogP contribution in [0.15, 0.2) is 0 Å². The highest BCUT2D eigenvalue weighted by atomic mass is 16.6. The highest BCUT2D eigenvalue weighted by molar-refractivity contribution is 5.68. The van der Waals surface area contributed by atoms with E-state index in [1.165, 1.54) is 4.90 Å². The number of nitrogens with zero attached hydrogens (tertiary/aromatic N) is 1. The molecule has 2 N–H and O–H groups in total.